The number of amides is 1. The highest BCUT2D eigenvalue weighted by molar-refractivity contribution is 6.27. The van der Waals surface area contributed by atoms with E-state index in [1.807, 2.05) is 35.8 Å². The molecule has 4 rings (SSSR count). The van der Waals surface area contributed by atoms with Crippen molar-refractivity contribution < 1.29 is 9.18 Å². The highest BCUT2D eigenvalue weighted by Gasteiger charge is 2.29. The van der Waals surface area contributed by atoms with Gasteiger partial charge in [-0.05, 0) is 18.7 Å². The summed E-state index contributed by atoms with van der Waals surface area (Å²) in [5.41, 5.74) is 0.499. The summed E-state index contributed by atoms with van der Waals surface area (Å²) >= 11 is 5.86. The molecule has 1 aliphatic rings. The SMILES string of the molecule is Cc1nnc2n1CC(N(Cc1ccc3ccccc3c1F)C(=O)CCl)CC2. The van der Waals surface area contributed by atoms with E-state index >= 15 is 4.39 Å². The van der Waals surface area contributed by atoms with Crippen LogP contribution in [0, 0.1) is 12.7 Å². The number of aromatic nitrogens is 3. The second-order valence-corrected chi connectivity index (χ2v) is 7.15. The molecule has 0 N–H and O–H groups in total. The number of benzene rings is 2. The highest BCUT2D eigenvalue weighted by Crippen LogP contribution is 2.25. The average Bonchev–Trinajstić information content (AvgIpc) is 3.07. The van der Waals surface area contributed by atoms with Crippen LogP contribution in [0.15, 0.2) is 36.4 Å². The van der Waals surface area contributed by atoms with Gasteiger partial charge in [0, 0.05) is 30.5 Å². The number of rotatable bonds is 4. The van der Waals surface area contributed by atoms with Gasteiger partial charge in [-0.15, -0.1) is 21.8 Å². The predicted molar refractivity (Wildman–Crippen MR) is 102 cm³/mol. The van der Waals surface area contributed by atoms with Gasteiger partial charge in [0.15, 0.2) is 0 Å². The van der Waals surface area contributed by atoms with E-state index in [0.717, 1.165) is 29.9 Å². The minimum atomic E-state index is -0.280. The van der Waals surface area contributed by atoms with Crippen LogP contribution in [0.5, 0.6) is 0 Å². The first-order chi connectivity index (χ1) is 13.1. The molecule has 1 aliphatic heterocycles. The van der Waals surface area contributed by atoms with E-state index in [1.165, 1.54) is 0 Å². The Balaban J connectivity index is 1.65. The van der Waals surface area contributed by atoms with Crippen molar-refractivity contribution in [3.05, 3.63) is 59.4 Å². The van der Waals surface area contributed by atoms with E-state index in [-0.39, 0.29) is 30.2 Å². The summed E-state index contributed by atoms with van der Waals surface area (Å²) < 4.78 is 17.0. The van der Waals surface area contributed by atoms with Crippen LogP contribution < -0.4 is 0 Å². The van der Waals surface area contributed by atoms with Gasteiger partial charge in [-0.1, -0.05) is 36.4 Å². The van der Waals surface area contributed by atoms with Gasteiger partial charge in [0.1, 0.15) is 23.3 Å². The van der Waals surface area contributed by atoms with Crippen molar-refractivity contribution >= 4 is 28.3 Å². The Morgan fingerprint density at radius 2 is 2.11 bits per heavy atom. The number of carbonyl (C=O) groups is 1. The fourth-order valence-electron chi connectivity index (χ4n) is 3.78. The Morgan fingerprint density at radius 1 is 1.30 bits per heavy atom. The summed E-state index contributed by atoms with van der Waals surface area (Å²) in [5.74, 6) is 1.16. The molecule has 0 saturated heterocycles. The fourth-order valence-corrected chi connectivity index (χ4v) is 3.93. The molecule has 5 nitrogen and oxygen atoms in total. The molecule has 1 aromatic heterocycles. The second-order valence-electron chi connectivity index (χ2n) is 6.88. The van der Waals surface area contributed by atoms with Crippen LogP contribution in [0.4, 0.5) is 4.39 Å². The molecule has 3 aromatic rings. The Labute approximate surface area is 161 Å². The number of halogens is 2. The lowest BCUT2D eigenvalue weighted by molar-refractivity contribution is -0.132. The third kappa shape index (κ3) is 3.30. The van der Waals surface area contributed by atoms with Crippen molar-refractivity contribution in [2.45, 2.75) is 38.9 Å². The lowest BCUT2D eigenvalue weighted by Crippen LogP contribution is -2.45. The van der Waals surface area contributed by atoms with Crippen LogP contribution in [0.2, 0.25) is 0 Å². The van der Waals surface area contributed by atoms with Gasteiger partial charge in [-0.2, -0.15) is 0 Å². The Bertz CT molecular complexity index is 1000. The highest BCUT2D eigenvalue weighted by atomic mass is 35.5. The predicted octanol–water partition coefficient (Wildman–Crippen LogP) is 3.46. The maximum absolute atomic E-state index is 15.0. The Morgan fingerprint density at radius 3 is 2.93 bits per heavy atom. The van der Waals surface area contributed by atoms with Crippen LogP contribution in [0.25, 0.3) is 10.8 Å². The molecule has 0 spiro atoms. The number of alkyl halides is 1. The molecule has 0 aliphatic carbocycles. The fraction of sp³-hybridized carbons (Fsp3) is 0.350. The monoisotopic (exact) mass is 386 g/mol. The quantitative estimate of drug-likeness (QED) is 0.645. The number of hydrogen-bond acceptors (Lipinski definition) is 3. The molecule has 140 valence electrons. The molecule has 2 heterocycles. The third-order valence-electron chi connectivity index (χ3n) is 5.27. The molecule has 1 unspecified atom stereocenters. The van der Waals surface area contributed by atoms with Crippen LogP contribution >= 0.6 is 11.6 Å². The molecule has 1 atom stereocenters. The van der Waals surface area contributed by atoms with Gasteiger partial charge in [0.25, 0.3) is 0 Å². The Kier molecular flexibility index (Phi) is 4.83. The molecule has 1 amide bonds. The van der Waals surface area contributed by atoms with Crippen molar-refractivity contribution in [2.24, 2.45) is 0 Å². The number of nitrogens with zero attached hydrogens (tertiary/aromatic N) is 4. The van der Waals surface area contributed by atoms with Crippen LogP contribution in [-0.2, 0) is 24.3 Å². The zero-order valence-electron chi connectivity index (χ0n) is 15.0. The zero-order chi connectivity index (χ0) is 19.0. The number of aryl methyl sites for hydroxylation is 2. The summed E-state index contributed by atoms with van der Waals surface area (Å²) in [6.07, 6.45) is 1.49. The van der Waals surface area contributed by atoms with Crippen LogP contribution in [0.3, 0.4) is 0 Å². The minimum Gasteiger partial charge on any atom is -0.332 e. The lowest BCUT2D eigenvalue weighted by atomic mass is 10.0. The topological polar surface area (TPSA) is 51.0 Å². The van der Waals surface area contributed by atoms with Gasteiger partial charge in [-0.3, -0.25) is 4.79 Å². The van der Waals surface area contributed by atoms with E-state index < -0.39 is 0 Å². The summed E-state index contributed by atoms with van der Waals surface area (Å²) in [5, 5.41) is 9.69. The molecule has 0 radical (unpaired) electrons. The largest absolute Gasteiger partial charge is 0.332 e. The van der Waals surface area contributed by atoms with Crippen LogP contribution in [0.1, 0.15) is 23.6 Å². The summed E-state index contributed by atoms with van der Waals surface area (Å²) in [6, 6.07) is 10.9. The molecular formula is C20H20ClFN4O. The molecule has 0 fully saturated rings. The smallest absolute Gasteiger partial charge is 0.238 e. The molecule has 0 saturated carbocycles. The van der Waals surface area contributed by atoms with Crippen molar-refractivity contribution in [3.8, 4) is 0 Å². The van der Waals surface area contributed by atoms with Gasteiger partial charge < -0.3 is 9.47 Å². The third-order valence-corrected chi connectivity index (χ3v) is 5.49. The molecule has 0 bridgehead atoms. The van der Waals surface area contributed by atoms with Crippen molar-refractivity contribution in [3.63, 3.8) is 0 Å². The number of carbonyl (C=O) groups excluding carboxylic acids is 1. The maximum atomic E-state index is 15.0. The van der Waals surface area contributed by atoms with Crippen molar-refractivity contribution in [2.75, 3.05) is 5.88 Å². The first-order valence-electron chi connectivity index (χ1n) is 8.98. The Hall–Kier alpha value is -2.47. The van der Waals surface area contributed by atoms with Gasteiger partial charge >= 0.3 is 0 Å². The molecule has 27 heavy (non-hydrogen) atoms. The second kappa shape index (κ2) is 7.27. The summed E-state index contributed by atoms with van der Waals surface area (Å²) in [7, 11) is 0. The number of hydrogen-bond donors (Lipinski definition) is 0. The van der Waals surface area contributed by atoms with Gasteiger partial charge in [0.05, 0.1) is 6.04 Å². The van der Waals surface area contributed by atoms with Gasteiger partial charge in [-0.25, -0.2) is 4.39 Å². The summed E-state index contributed by atoms with van der Waals surface area (Å²) in [4.78, 5) is 14.3. The molecular weight excluding hydrogens is 367 g/mol. The minimum absolute atomic E-state index is 0.0654. The van der Waals surface area contributed by atoms with E-state index in [2.05, 4.69) is 10.2 Å². The first-order valence-corrected chi connectivity index (χ1v) is 9.52. The number of fused-ring (bicyclic) bond motifs is 2. The molecule has 7 heteroatoms. The summed E-state index contributed by atoms with van der Waals surface area (Å²) in [6.45, 7) is 2.70. The lowest BCUT2D eigenvalue weighted by Gasteiger charge is -2.35. The van der Waals surface area contributed by atoms with E-state index in [0.29, 0.717) is 17.5 Å². The maximum Gasteiger partial charge on any atom is 0.238 e. The van der Waals surface area contributed by atoms with E-state index in [4.69, 9.17) is 11.6 Å². The molecule has 2 aromatic carbocycles. The van der Waals surface area contributed by atoms with Crippen LogP contribution in [-0.4, -0.2) is 37.5 Å². The van der Waals surface area contributed by atoms with E-state index in [1.54, 1.807) is 17.0 Å². The van der Waals surface area contributed by atoms with Gasteiger partial charge in [0.2, 0.25) is 5.91 Å². The van der Waals surface area contributed by atoms with Crippen molar-refractivity contribution in [1.82, 2.24) is 19.7 Å². The van der Waals surface area contributed by atoms with Crippen molar-refractivity contribution in [1.29, 1.82) is 0 Å². The van der Waals surface area contributed by atoms with E-state index in [9.17, 15) is 4.79 Å². The zero-order valence-corrected chi connectivity index (χ0v) is 15.8. The average molecular weight is 387 g/mol. The normalized spacial score (nSPS) is 16.3. The standard InChI is InChI=1S/C20H20ClFN4O/c1-13-23-24-18-9-8-16(12-25(13)18)26(19(27)10-21)11-15-7-6-14-4-2-3-5-17(14)20(15)22/h2-7,16H,8-12H2,1H3. The first kappa shape index (κ1) is 17.9.